The Morgan fingerprint density at radius 2 is 1.74 bits per heavy atom. The predicted octanol–water partition coefficient (Wildman–Crippen LogP) is 2.18. The third-order valence-electron chi connectivity index (χ3n) is 3.59. The minimum atomic E-state index is -0.632. The van der Waals surface area contributed by atoms with Crippen LogP contribution in [0.1, 0.15) is 16.8 Å². The van der Waals surface area contributed by atoms with Gasteiger partial charge in [-0.15, -0.1) is 0 Å². The predicted molar refractivity (Wildman–Crippen MR) is 84.1 cm³/mol. The van der Waals surface area contributed by atoms with Crippen molar-refractivity contribution in [3.05, 3.63) is 66.2 Å². The van der Waals surface area contributed by atoms with Gasteiger partial charge in [-0.2, -0.15) is 0 Å². The van der Waals surface area contributed by atoms with Gasteiger partial charge in [0.1, 0.15) is 24.5 Å². The second-order valence-corrected chi connectivity index (χ2v) is 5.31. The lowest BCUT2D eigenvalue weighted by atomic mass is 10.1. The molecule has 1 aliphatic heterocycles. The number of benzene rings is 2. The third-order valence-corrected chi connectivity index (χ3v) is 3.59. The largest absolute Gasteiger partial charge is 0.490 e. The molecule has 1 aliphatic rings. The van der Waals surface area contributed by atoms with Crippen molar-refractivity contribution >= 4 is 11.9 Å². The van der Waals surface area contributed by atoms with Crippen LogP contribution in [-0.4, -0.2) is 30.6 Å². The molecule has 5 heteroatoms. The molecule has 1 saturated heterocycles. The van der Waals surface area contributed by atoms with Crippen molar-refractivity contribution in [2.75, 3.05) is 6.61 Å². The van der Waals surface area contributed by atoms with Gasteiger partial charge in [0.05, 0.1) is 0 Å². The summed E-state index contributed by atoms with van der Waals surface area (Å²) >= 11 is 0. The zero-order valence-electron chi connectivity index (χ0n) is 12.5. The minimum Gasteiger partial charge on any atom is -0.490 e. The molecule has 2 aromatic rings. The zero-order valence-corrected chi connectivity index (χ0v) is 12.5. The van der Waals surface area contributed by atoms with Gasteiger partial charge >= 0.3 is 5.97 Å². The first-order valence-electron chi connectivity index (χ1n) is 7.46. The van der Waals surface area contributed by atoms with E-state index in [-0.39, 0.29) is 18.6 Å². The molecule has 0 saturated carbocycles. The van der Waals surface area contributed by atoms with Gasteiger partial charge in [-0.1, -0.05) is 36.4 Å². The molecule has 3 rings (SSSR count). The molecular weight excluding hydrogens is 294 g/mol. The maximum atomic E-state index is 12.1. The molecule has 0 radical (unpaired) electrons. The van der Waals surface area contributed by atoms with Crippen LogP contribution in [0.2, 0.25) is 0 Å². The topological polar surface area (TPSA) is 64.6 Å². The van der Waals surface area contributed by atoms with E-state index in [0.717, 1.165) is 5.75 Å². The number of nitrogens with one attached hydrogen (secondary N) is 1. The summed E-state index contributed by atoms with van der Waals surface area (Å²) in [6, 6.07) is 17.5. The normalized spacial score (nSPS) is 19.9. The standard InChI is InChI=1S/C18H17NO4/c20-17(13-7-3-1-4-8-13)19-16-11-15(23-18(16)21)12-22-14-9-5-2-6-10-14/h1-10,15-16H,11-12H2,(H,19,20)/t15-,16-/m1/s1. The molecular formula is C18H17NO4. The first kappa shape index (κ1) is 15.1. The number of ether oxygens (including phenoxy) is 2. The number of hydrogen-bond donors (Lipinski definition) is 1. The molecule has 1 heterocycles. The van der Waals surface area contributed by atoms with Crippen molar-refractivity contribution in [3.8, 4) is 5.75 Å². The Hall–Kier alpha value is -2.82. The molecule has 2 aromatic carbocycles. The van der Waals surface area contributed by atoms with E-state index in [1.54, 1.807) is 24.3 Å². The van der Waals surface area contributed by atoms with Gasteiger partial charge in [0, 0.05) is 12.0 Å². The quantitative estimate of drug-likeness (QED) is 0.860. The van der Waals surface area contributed by atoms with Gasteiger partial charge in [-0.25, -0.2) is 4.79 Å². The van der Waals surface area contributed by atoms with Crippen LogP contribution in [0.25, 0.3) is 0 Å². The Bertz CT molecular complexity index is 672. The fraction of sp³-hybridized carbons (Fsp3) is 0.222. The van der Waals surface area contributed by atoms with Crippen molar-refractivity contribution in [3.63, 3.8) is 0 Å². The number of rotatable bonds is 5. The molecule has 0 spiro atoms. The molecule has 1 fully saturated rings. The van der Waals surface area contributed by atoms with Gasteiger partial charge in [-0.05, 0) is 24.3 Å². The number of carbonyl (C=O) groups excluding carboxylic acids is 2. The van der Waals surface area contributed by atoms with E-state index in [1.807, 2.05) is 36.4 Å². The van der Waals surface area contributed by atoms with Crippen LogP contribution in [0.3, 0.4) is 0 Å². The number of carbonyl (C=O) groups is 2. The van der Waals surface area contributed by atoms with E-state index in [2.05, 4.69) is 5.32 Å². The third kappa shape index (κ3) is 3.88. The van der Waals surface area contributed by atoms with Crippen LogP contribution in [0, 0.1) is 0 Å². The molecule has 1 amide bonds. The van der Waals surface area contributed by atoms with Gasteiger partial charge in [0.15, 0.2) is 0 Å². The van der Waals surface area contributed by atoms with E-state index in [9.17, 15) is 9.59 Å². The van der Waals surface area contributed by atoms with E-state index in [0.29, 0.717) is 12.0 Å². The van der Waals surface area contributed by atoms with Crippen molar-refractivity contribution < 1.29 is 19.1 Å². The van der Waals surface area contributed by atoms with E-state index >= 15 is 0 Å². The second kappa shape index (κ2) is 6.96. The smallest absolute Gasteiger partial charge is 0.329 e. The Balaban J connectivity index is 1.52. The van der Waals surface area contributed by atoms with Crippen LogP contribution in [0.15, 0.2) is 60.7 Å². The number of para-hydroxylation sites is 1. The van der Waals surface area contributed by atoms with Crippen LogP contribution >= 0.6 is 0 Å². The van der Waals surface area contributed by atoms with Crippen LogP contribution < -0.4 is 10.1 Å². The molecule has 0 bridgehead atoms. The summed E-state index contributed by atoms with van der Waals surface area (Å²) in [4.78, 5) is 24.0. The zero-order chi connectivity index (χ0) is 16.1. The Morgan fingerprint density at radius 1 is 1.09 bits per heavy atom. The van der Waals surface area contributed by atoms with E-state index in [1.165, 1.54) is 0 Å². The SMILES string of the molecule is O=C(N[C@@H]1C[C@H](COc2ccccc2)OC1=O)c1ccccc1. The van der Waals surface area contributed by atoms with Crippen molar-refractivity contribution in [2.45, 2.75) is 18.6 Å². The van der Waals surface area contributed by atoms with Crippen molar-refractivity contribution in [1.29, 1.82) is 0 Å². The number of esters is 1. The number of amides is 1. The van der Waals surface area contributed by atoms with Gasteiger partial charge in [0.25, 0.3) is 5.91 Å². The molecule has 23 heavy (non-hydrogen) atoms. The van der Waals surface area contributed by atoms with E-state index < -0.39 is 12.0 Å². The summed E-state index contributed by atoms with van der Waals surface area (Å²) in [6.07, 6.45) is 0.0494. The summed E-state index contributed by atoms with van der Waals surface area (Å²) in [5.41, 5.74) is 0.518. The number of cyclic esters (lactones) is 1. The monoisotopic (exact) mass is 311 g/mol. The first-order chi connectivity index (χ1) is 11.2. The fourth-order valence-electron chi connectivity index (χ4n) is 2.41. The Kier molecular flexibility index (Phi) is 4.57. The average Bonchev–Trinajstić information content (AvgIpc) is 2.94. The van der Waals surface area contributed by atoms with Crippen molar-refractivity contribution in [2.24, 2.45) is 0 Å². The summed E-state index contributed by atoms with van der Waals surface area (Å²) in [7, 11) is 0. The number of hydrogen-bond acceptors (Lipinski definition) is 4. The summed E-state index contributed by atoms with van der Waals surface area (Å²) in [5.74, 6) is 0.0217. The molecule has 2 atom stereocenters. The minimum absolute atomic E-state index is 0.271. The molecule has 0 aromatic heterocycles. The highest BCUT2D eigenvalue weighted by atomic mass is 16.6. The highest BCUT2D eigenvalue weighted by Crippen LogP contribution is 2.18. The molecule has 5 nitrogen and oxygen atoms in total. The van der Waals surface area contributed by atoms with E-state index in [4.69, 9.17) is 9.47 Å². The maximum absolute atomic E-state index is 12.1. The molecule has 0 aliphatic carbocycles. The molecule has 1 N–H and O–H groups in total. The first-order valence-corrected chi connectivity index (χ1v) is 7.46. The van der Waals surface area contributed by atoms with Crippen LogP contribution in [0.5, 0.6) is 5.75 Å². The highest BCUT2D eigenvalue weighted by molar-refractivity contribution is 5.97. The maximum Gasteiger partial charge on any atom is 0.329 e. The van der Waals surface area contributed by atoms with Gasteiger partial charge < -0.3 is 14.8 Å². The Labute approximate surface area is 134 Å². The lowest BCUT2D eigenvalue weighted by Gasteiger charge is -2.11. The van der Waals surface area contributed by atoms with Crippen molar-refractivity contribution in [1.82, 2.24) is 5.32 Å². The molecule has 118 valence electrons. The summed E-state index contributed by atoms with van der Waals surface area (Å²) < 4.78 is 10.8. The van der Waals surface area contributed by atoms with Crippen LogP contribution in [0.4, 0.5) is 0 Å². The molecule has 0 unspecified atom stereocenters. The fourth-order valence-corrected chi connectivity index (χ4v) is 2.41. The lowest BCUT2D eigenvalue weighted by Crippen LogP contribution is -2.38. The highest BCUT2D eigenvalue weighted by Gasteiger charge is 2.36. The summed E-state index contributed by atoms with van der Waals surface area (Å²) in [6.45, 7) is 0.271. The second-order valence-electron chi connectivity index (χ2n) is 5.31. The lowest BCUT2D eigenvalue weighted by molar-refractivity contribution is -0.143. The summed E-state index contributed by atoms with van der Waals surface area (Å²) in [5, 5.41) is 2.70. The van der Waals surface area contributed by atoms with Gasteiger partial charge in [0.2, 0.25) is 0 Å². The van der Waals surface area contributed by atoms with Gasteiger partial charge in [-0.3, -0.25) is 4.79 Å². The Morgan fingerprint density at radius 3 is 2.43 bits per heavy atom. The van der Waals surface area contributed by atoms with Crippen LogP contribution in [-0.2, 0) is 9.53 Å². The average molecular weight is 311 g/mol.